The number of rotatable bonds is 2. The topological polar surface area (TPSA) is 80.7 Å². The molecule has 0 aliphatic carbocycles. The number of benzene rings is 4. The number of aromatic hydroxyl groups is 1. The van der Waals surface area contributed by atoms with Crippen LogP contribution in [0.2, 0.25) is 0 Å². The van der Waals surface area contributed by atoms with E-state index in [0.717, 1.165) is 52.8 Å². The number of fused-ring (bicyclic) bond motifs is 5. The van der Waals surface area contributed by atoms with E-state index >= 15 is 0 Å². The van der Waals surface area contributed by atoms with E-state index in [1.54, 1.807) is 27.2 Å². The summed E-state index contributed by atoms with van der Waals surface area (Å²) in [4.78, 5) is 17.3. The Kier molecular flexibility index (Phi) is 6.46. The third kappa shape index (κ3) is 4.42. The summed E-state index contributed by atoms with van der Waals surface area (Å²) in [5.74, 6) is 4.14. The molecule has 0 aromatic heterocycles. The third-order valence-corrected chi connectivity index (χ3v) is 10.0. The number of nitrogens with zero attached hydrogens (tertiary/aromatic N) is 2. The fourth-order valence-electron chi connectivity index (χ4n) is 7.68. The molecule has 0 saturated heterocycles. The maximum Gasteiger partial charge on any atom is 0.219 e. The molecule has 4 aromatic carbocycles. The average Bonchev–Trinajstić information content (AvgIpc) is 3.04. The van der Waals surface area contributed by atoms with Crippen molar-refractivity contribution < 1.29 is 28.8 Å². The number of ether oxygens (including phenoxy) is 4. The Morgan fingerprint density at radius 2 is 1.49 bits per heavy atom. The lowest BCUT2D eigenvalue weighted by molar-refractivity contribution is -0.131. The van der Waals surface area contributed by atoms with Crippen molar-refractivity contribution in [2.24, 2.45) is 0 Å². The molecule has 4 aromatic rings. The molecule has 0 unspecified atom stereocenters. The first-order chi connectivity index (χ1) is 21.8. The van der Waals surface area contributed by atoms with Crippen molar-refractivity contribution >= 4 is 5.91 Å². The van der Waals surface area contributed by atoms with E-state index in [9.17, 15) is 9.90 Å². The van der Waals surface area contributed by atoms with E-state index in [-0.39, 0.29) is 23.7 Å². The molecule has 8 nitrogen and oxygen atoms in total. The minimum atomic E-state index is -0.210. The third-order valence-electron chi connectivity index (χ3n) is 10.0. The first-order valence-electron chi connectivity index (χ1n) is 15.6. The van der Waals surface area contributed by atoms with Gasteiger partial charge in [-0.1, -0.05) is 12.1 Å². The largest absolute Gasteiger partial charge is 0.507 e. The lowest BCUT2D eigenvalue weighted by atomic mass is 9.85. The van der Waals surface area contributed by atoms with Crippen molar-refractivity contribution in [2.75, 3.05) is 34.4 Å². The molecule has 45 heavy (non-hydrogen) atoms. The molecule has 0 radical (unpaired) electrons. The van der Waals surface area contributed by atoms with Gasteiger partial charge in [-0.05, 0) is 103 Å². The summed E-state index contributed by atoms with van der Waals surface area (Å²) in [7, 11) is 5.48. The van der Waals surface area contributed by atoms with E-state index < -0.39 is 0 Å². The second-order valence-electron chi connectivity index (χ2n) is 12.5. The molecule has 1 amide bonds. The molecular weight excluding hydrogens is 568 g/mol. The zero-order valence-electron chi connectivity index (χ0n) is 26.0. The van der Waals surface area contributed by atoms with Crippen LogP contribution in [0.3, 0.4) is 0 Å². The SMILES string of the molecule is COc1ccc2cc1-c1cc(ccc1O)C[C@@H]1c3cc4c(cc3CCN1C(C)=O)Oc1c(OC)cc3c(c1O4)[C@@H](C2)N(C)CC3. The van der Waals surface area contributed by atoms with E-state index in [4.69, 9.17) is 18.9 Å². The molecule has 7 bridgehead atoms. The maximum atomic E-state index is 13.0. The minimum Gasteiger partial charge on any atom is -0.507 e. The Bertz CT molecular complexity index is 1880. The second-order valence-corrected chi connectivity index (χ2v) is 12.5. The van der Waals surface area contributed by atoms with Crippen molar-refractivity contribution in [1.82, 2.24) is 9.80 Å². The number of likely N-dealkylation sites (N-methyl/N-ethyl adjacent to an activating group) is 1. The summed E-state index contributed by atoms with van der Waals surface area (Å²) in [6.45, 7) is 3.12. The molecule has 0 fully saturated rings. The molecule has 8 heteroatoms. The summed E-state index contributed by atoms with van der Waals surface area (Å²) in [5, 5.41) is 11.2. The molecule has 1 N–H and O–H groups in total. The normalized spacial score (nSPS) is 19.4. The maximum absolute atomic E-state index is 13.0. The molecule has 0 saturated carbocycles. The van der Waals surface area contributed by atoms with Crippen LogP contribution in [-0.2, 0) is 30.5 Å². The van der Waals surface area contributed by atoms with Gasteiger partial charge in [0.1, 0.15) is 11.5 Å². The zero-order chi connectivity index (χ0) is 31.0. The molecule has 4 aliphatic heterocycles. The summed E-state index contributed by atoms with van der Waals surface area (Å²) < 4.78 is 25.2. The van der Waals surface area contributed by atoms with Crippen LogP contribution in [0.5, 0.6) is 40.2 Å². The number of carbonyl (C=O) groups is 1. The van der Waals surface area contributed by atoms with Crippen LogP contribution >= 0.6 is 0 Å². The van der Waals surface area contributed by atoms with Gasteiger partial charge in [-0.15, -0.1) is 0 Å². The number of methoxy groups -OCH3 is 2. The highest BCUT2D eigenvalue weighted by Gasteiger charge is 2.38. The highest BCUT2D eigenvalue weighted by Crippen LogP contribution is 2.57. The smallest absolute Gasteiger partial charge is 0.219 e. The average molecular weight is 605 g/mol. The van der Waals surface area contributed by atoms with Crippen LogP contribution < -0.4 is 18.9 Å². The van der Waals surface area contributed by atoms with Crippen molar-refractivity contribution in [2.45, 2.75) is 44.7 Å². The number of hydrogen-bond donors (Lipinski definition) is 1. The van der Waals surface area contributed by atoms with Crippen LogP contribution in [0.25, 0.3) is 11.1 Å². The van der Waals surface area contributed by atoms with Crippen molar-refractivity contribution in [1.29, 1.82) is 0 Å². The van der Waals surface area contributed by atoms with Crippen molar-refractivity contribution in [3.05, 3.63) is 88.0 Å². The predicted octanol–water partition coefficient (Wildman–Crippen LogP) is 6.75. The molecular formula is C37H36N2O6. The molecule has 4 aliphatic rings. The number of phenolic OH excluding ortho intramolecular Hbond substituents is 1. The molecule has 2 atom stereocenters. The van der Waals surface area contributed by atoms with Gasteiger partial charge in [-0.2, -0.15) is 0 Å². The van der Waals surface area contributed by atoms with E-state index in [1.165, 1.54) is 5.56 Å². The van der Waals surface area contributed by atoms with Crippen molar-refractivity contribution in [3.63, 3.8) is 0 Å². The Morgan fingerprint density at radius 1 is 0.800 bits per heavy atom. The summed E-state index contributed by atoms with van der Waals surface area (Å²) in [5.41, 5.74) is 8.12. The monoisotopic (exact) mass is 604 g/mol. The predicted molar refractivity (Wildman–Crippen MR) is 170 cm³/mol. The lowest BCUT2D eigenvalue weighted by Crippen LogP contribution is -2.39. The Morgan fingerprint density at radius 3 is 2.27 bits per heavy atom. The van der Waals surface area contributed by atoms with Crippen LogP contribution in [-0.4, -0.2) is 55.2 Å². The summed E-state index contributed by atoms with van der Waals surface area (Å²) in [6.07, 6.45) is 2.87. The van der Waals surface area contributed by atoms with Gasteiger partial charge in [0, 0.05) is 42.7 Å². The highest BCUT2D eigenvalue weighted by molar-refractivity contribution is 5.78. The summed E-state index contributed by atoms with van der Waals surface area (Å²) >= 11 is 0. The number of phenols is 1. The molecule has 8 rings (SSSR count). The Balaban J connectivity index is 1.40. The van der Waals surface area contributed by atoms with Crippen LogP contribution in [0, 0.1) is 0 Å². The van der Waals surface area contributed by atoms with E-state index in [2.05, 4.69) is 42.3 Å². The van der Waals surface area contributed by atoms with Gasteiger partial charge < -0.3 is 29.0 Å². The van der Waals surface area contributed by atoms with Gasteiger partial charge in [0.2, 0.25) is 11.7 Å². The first-order valence-corrected chi connectivity index (χ1v) is 15.6. The van der Waals surface area contributed by atoms with Gasteiger partial charge in [0.25, 0.3) is 0 Å². The zero-order valence-corrected chi connectivity index (χ0v) is 26.0. The van der Waals surface area contributed by atoms with E-state index in [1.807, 2.05) is 23.1 Å². The summed E-state index contributed by atoms with van der Waals surface area (Å²) in [6, 6.07) is 18.0. The molecule has 0 spiro atoms. The fraction of sp³-hybridized carbons (Fsp3) is 0.324. The van der Waals surface area contributed by atoms with Gasteiger partial charge in [-0.3, -0.25) is 9.69 Å². The van der Waals surface area contributed by atoms with Crippen LogP contribution in [0.4, 0.5) is 0 Å². The van der Waals surface area contributed by atoms with Gasteiger partial charge in [0.05, 0.1) is 20.3 Å². The van der Waals surface area contributed by atoms with Gasteiger partial charge in [0.15, 0.2) is 23.0 Å². The van der Waals surface area contributed by atoms with Crippen molar-refractivity contribution in [3.8, 4) is 51.4 Å². The Hall–Kier alpha value is -4.69. The quantitative estimate of drug-likeness (QED) is 0.239. The number of amides is 1. The molecule has 230 valence electrons. The Labute approximate surface area is 262 Å². The molecule has 4 heterocycles. The first kappa shape index (κ1) is 27.8. The van der Waals surface area contributed by atoms with Crippen LogP contribution in [0.1, 0.15) is 52.4 Å². The lowest BCUT2D eigenvalue weighted by Gasteiger charge is -2.39. The number of carbonyl (C=O) groups excluding carboxylic acids is 1. The highest BCUT2D eigenvalue weighted by atomic mass is 16.6. The fourth-order valence-corrected chi connectivity index (χ4v) is 7.68. The number of hydrogen-bond acceptors (Lipinski definition) is 7. The van der Waals surface area contributed by atoms with Gasteiger partial charge in [-0.25, -0.2) is 0 Å². The standard InChI is InChI=1S/C37H36N2O6/c1-20(40)39-12-10-23-17-32-33-19-25(23)28(39)15-21-5-7-30(41)26(13-21)27-14-22(6-8-31(27)42-3)16-29-35-24(9-11-38(29)2)18-34(43-4)36(44-32)37(35)45-33/h5-8,13-14,17-19,28-29,41H,9-12,15-16H2,1-4H3/t28-,29-/m1/s1. The van der Waals surface area contributed by atoms with E-state index in [0.29, 0.717) is 59.4 Å². The second kappa shape index (κ2) is 10.4. The minimum absolute atomic E-state index is 0.00576. The van der Waals surface area contributed by atoms with Crippen LogP contribution in [0.15, 0.2) is 54.6 Å². The van der Waals surface area contributed by atoms with Gasteiger partial charge >= 0.3 is 0 Å².